The van der Waals surface area contributed by atoms with Gasteiger partial charge in [-0.1, -0.05) is 30.3 Å². The lowest BCUT2D eigenvalue weighted by atomic mass is 10.2. The Kier molecular flexibility index (Phi) is 4.08. The summed E-state index contributed by atoms with van der Waals surface area (Å²) in [6, 6.07) is 15.3. The van der Waals surface area contributed by atoms with E-state index in [2.05, 4.69) is 15.6 Å². The van der Waals surface area contributed by atoms with Crippen LogP contribution in [0.1, 0.15) is 25.8 Å². The maximum atomic E-state index is 11.8. The zero-order chi connectivity index (χ0) is 18.1. The van der Waals surface area contributed by atoms with Gasteiger partial charge >= 0.3 is 0 Å². The Labute approximate surface area is 151 Å². The molecule has 1 aliphatic rings. The number of fused-ring (bicyclic) bond motifs is 1. The molecule has 2 N–H and O–H groups in total. The predicted octanol–water partition coefficient (Wildman–Crippen LogP) is 4.23. The highest BCUT2D eigenvalue weighted by molar-refractivity contribution is 5.98. The first-order valence-electron chi connectivity index (χ1n) is 8.49. The summed E-state index contributed by atoms with van der Waals surface area (Å²) in [5.74, 6) is 1.84. The largest absolute Gasteiger partial charge is 0.479 e. The fourth-order valence-electron chi connectivity index (χ4n) is 2.83. The fraction of sp³-hybridized carbons (Fsp3) is 0.200. The first-order valence-corrected chi connectivity index (χ1v) is 8.49. The van der Waals surface area contributed by atoms with E-state index in [9.17, 15) is 4.79 Å². The molecule has 0 bridgehead atoms. The summed E-state index contributed by atoms with van der Waals surface area (Å²) >= 11 is 0. The highest BCUT2D eigenvalue weighted by atomic mass is 16.5. The molecule has 0 radical (unpaired) electrons. The van der Waals surface area contributed by atoms with Gasteiger partial charge in [0, 0.05) is 11.3 Å². The van der Waals surface area contributed by atoms with Crippen molar-refractivity contribution >= 4 is 17.3 Å². The third-order valence-electron chi connectivity index (χ3n) is 4.25. The summed E-state index contributed by atoms with van der Waals surface area (Å²) in [4.78, 5) is 16.1. The van der Waals surface area contributed by atoms with Crippen LogP contribution in [0.2, 0.25) is 0 Å². The summed E-state index contributed by atoms with van der Waals surface area (Å²) in [5, 5.41) is 6.18. The van der Waals surface area contributed by atoms with E-state index in [0.29, 0.717) is 17.3 Å². The van der Waals surface area contributed by atoms with Gasteiger partial charge in [-0.3, -0.25) is 4.79 Å². The normalized spacial score (nSPS) is 17.0. The molecule has 2 unspecified atom stereocenters. The summed E-state index contributed by atoms with van der Waals surface area (Å²) < 4.78 is 11.4. The van der Waals surface area contributed by atoms with Gasteiger partial charge in [-0.25, -0.2) is 4.98 Å². The zero-order valence-corrected chi connectivity index (χ0v) is 14.5. The molecule has 0 saturated carbocycles. The van der Waals surface area contributed by atoms with E-state index in [-0.39, 0.29) is 11.9 Å². The van der Waals surface area contributed by atoms with Crippen LogP contribution in [-0.2, 0) is 4.79 Å². The Morgan fingerprint density at radius 2 is 2.00 bits per heavy atom. The second kappa shape index (κ2) is 6.55. The standard InChI is InChI=1S/C20H19N3O3/c1-12(20-21-11-18(26-20)14-6-4-3-5-7-14)22-15-8-9-17-16(10-15)23-19(24)13(2)25-17/h3-13,22H,1-2H3,(H,23,24). The van der Waals surface area contributed by atoms with E-state index in [1.165, 1.54) is 0 Å². The number of nitrogens with one attached hydrogen (secondary N) is 2. The van der Waals surface area contributed by atoms with Crippen LogP contribution in [0.5, 0.6) is 5.75 Å². The van der Waals surface area contributed by atoms with Gasteiger partial charge in [0.05, 0.1) is 11.9 Å². The molecular weight excluding hydrogens is 330 g/mol. The Morgan fingerprint density at radius 3 is 2.81 bits per heavy atom. The molecule has 26 heavy (non-hydrogen) atoms. The summed E-state index contributed by atoms with van der Waals surface area (Å²) in [5.41, 5.74) is 2.48. The van der Waals surface area contributed by atoms with Gasteiger partial charge in [-0.15, -0.1) is 0 Å². The Balaban J connectivity index is 1.50. The molecule has 2 aromatic carbocycles. The van der Waals surface area contributed by atoms with E-state index < -0.39 is 6.10 Å². The minimum Gasteiger partial charge on any atom is -0.479 e. The van der Waals surface area contributed by atoms with Gasteiger partial charge in [-0.05, 0) is 32.0 Å². The number of nitrogens with zero attached hydrogens (tertiary/aromatic N) is 1. The number of hydrogen-bond acceptors (Lipinski definition) is 5. The lowest BCUT2D eigenvalue weighted by molar-refractivity contribution is -0.122. The van der Waals surface area contributed by atoms with Crippen LogP contribution in [0.25, 0.3) is 11.3 Å². The van der Waals surface area contributed by atoms with Crippen molar-refractivity contribution in [3.05, 3.63) is 60.6 Å². The molecule has 0 aliphatic carbocycles. The molecule has 6 heteroatoms. The molecule has 1 aliphatic heterocycles. The number of benzene rings is 2. The molecule has 2 heterocycles. The number of rotatable bonds is 4. The van der Waals surface area contributed by atoms with E-state index in [4.69, 9.17) is 9.15 Å². The molecular formula is C20H19N3O3. The lowest BCUT2D eigenvalue weighted by Gasteiger charge is -2.24. The molecule has 0 spiro atoms. The molecule has 1 amide bonds. The van der Waals surface area contributed by atoms with Crippen molar-refractivity contribution in [2.24, 2.45) is 0 Å². The monoisotopic (exact) mass is 349 g/mol. The lowest BCUT2D eigenvalue weighted by Crippen LogP contribution is -2.34. The second-order valence-electron chi connectivity index (χ2n) is 6.26. The van der Waals surface area contributed by atoms with Crippen LogP contribution in [0.15, 0.2) is 59.1 Å². The van der Waals surface area contributed by atoms with Crippen molar-refractivity contribution in [3.8, 4) is 17.1 Å². The van der Waals surface area contributed by atoms with Crippen molar-refractivity contribution in [2.45, 2.75) is 26.0 Å². The van der Waals surface area contributed by atoms with Crippen LogP contribution in [0.4, 0.5) is 11.4 Å². The van der Waals surface area contributed by atoms with Crippen LogP contribution >= 0.6 is 0 Å². The van der Waals surface area contributed by atoms with Crippen molar-refractivity contribution in [1.82, 2.24) is 4.98 Å². The van der Waals surface area contributed by atoms with Gasteiger partial charge in [-0.2, -0.15) is 0 Å². The van der Waals surface area contributed by atoms with Crippen LogP contribution in [0.3, 0.4) is 0 Å². The molecule has 6 nitrogen and oxygen atoms in total. The number of carbonyl (C=O) groups is 1. The number of hydrogen-bond donors (Lipinski definition) is 2. The van der Waals surface area contributed by atoms with Gasteiger partial charge in [0.25, 0.3) is 5.91 Å². The zero-order valence-electron chi connectivity index (χ0n) is 14.5. The third-order valence-corrected chi connectivity index (χ3v) is 4.25. The first-order chi connectivity index (χ1) is 12.6. The number of amides is 1. The van der Waals surface area contributed by atoms with Crippen molar-refractivity contribution in [3.63, 3.8) is 0 Å². The molecule has 2 atom stereocenters. The number of oxazole rings is 1. The predicted molar refractivity (Wildman–Crippen MR) is 99.1 cm³/mol. The van der Waals surface area contributed by atoms with Crippen LogP contribution in [-0.4, -0.2) is 17.0 Å². The summed E-state index contributed by atoms with van der Waals surface area (Å²) in [7, 11) is 0. The molecule has 4 rings (SSSR count). The van der Waals surface area contributed by atoms with Crippen molar-refractivity contribution in [1.29, 1.82) is 0 Å². The number of anilines is 2. The maximum absolute atomic E-state index is 11.8. The fourth-order valence-corrected chi connectivity index (χ4v) is 2.83. The van der Waals surface area contributed by atoms with Gasteiger partial charge in [0.2, 0.25) is 5.89 Å². The molecule has 132 valence electrons. The van der Waals surface area contributed by atoms with E-state index in [1.807, 2.05) is 55.5 Å². The smallest absolute Gasteiger partial charge is 0.265 e. The Hall–Kier alpha value is -3.28. The minimum absolute atomic E-state index is 0.135. The van der Waals surface area contributed by atoms with E-state index >= 15 is 0 Å². The number of ether oxygens (including phenoxy) is 1. The number of carbonyl (C=O) groups excluding carboxylic acids is 1. The molecule has 3 aromatic rings. The molecule has 0 saturated heterocycles. The van der Waals surface area contributed by atoms with Crippen LogP contribution < -0.4 is 15.4 Å². The first kappa shape index (κ1) is 16.2. The summed E-state index contributed by atoms with van der Waals surface area (Å²) in [6.07, 6.45) is 1.24. The SMILES string of the molecule is CC1Oc2ccc(NC(C)c3ncc(-c4ccccc4)o3)cc2NC1=O. The van der Waals surface area contributed by atoms with E-state index in [0.717, 1.165) is 17.0 Å². The number of aromatic nitrogens is 1. The average Bonchev–Trinajstić information content (AvgIpc) is 3.14. The van der Waals surface area contributed by atoms with Crippen molar-refractivity contribution in [2.75, 3.05) is 10.6 Å². The minimum atomic E-state index is -0.482. The Bertz CT molecular complexity index is 936. The maximum Gasteiger partial charge on any atom is 0.265 e. The average molecular weight is 349 g/mol. The van der Waals surface area contributed by atoms with Crippen LogP contribution in [0, 0.1) is 0 Å². The second-order valence-corrected chi connectivity index (χ2v) is 6.26. The molecule has 0 fully saturated rings. The van der Waals surface area contributed by atoms with Gasteiger partial charge in [0.15, 0.2) is 11.9 Å². The van der Waals surface area contributed by atoms with E-state index in [1.54, 1.807) is 13.1 Å². The van der Waals surface area contributed by atoms with Gasteiger partial charge in [0.1, 0.15) is 11.8 Å². The molecule has 1 aromatic heterocycles. The summed E-state index contributed by atoms with van der Waals surface area (Å²) in [6.45, 7) is 3.69. The topological polar surface area (TPSA) is 76.4 Å². The quantitative estimate of drug-likeness (QED) is 0.737. The highest BCUT2D eigenvalue weighted by Crippen LogP contribution is 2.33. The van der Waals surface area contributed by atoms with Crippen molar-refractivity contribution < 1.29 is 13.9 Å². The highest BCUT2D eigenvalue weighted by Gasteiger charge is 2.24. The van der Waals surface area contributed by atoms with Gasteiger partial charge < -0.3 is 19.8 Å². The Morgan fingerprint density at radius 1 is 1.19 bits per heavy atom. The third kappa shape index (κ3) is 3.13.